The summed E-state index contributed by atoms with van der Waals surface area (Å²) in [5.41, 5.74) is 0.837. The van der Waals surface area contributed by atoms with Gasteiger partial charge in [0.15, 0.2) is 11.5 Å². The van der Waals surface area contributed by atoms with Gasteiger partial charge in [0.1, 0.15) is 0 Å². The number of rotatable bonds is 7. The van der Waals surface area contributed by atoms with Gasteiger partial charge >= 0.3 is 6.61 Å². The highest BCUT2D eigenvalue weighted by atomic mass is 35.5. The summed E-state index contributed by atoms with van der Waals surface area (Å²) < 4.78 is 34.4. The van der Waals surface area contributed by atoms with Gasteiger partial charge in [-0.15, -0.1) is 12.4 Å². The normalized spacial score (nSPS) is 17.4. The molecule has 1 unspecified atom stereocenters. The molecular weight excluding hydrogens is 330 g/mol. The second kappa shape index (κ2) is 9.52. The second-order valence-electron chi connectivity index (χ2n) is 4.96. The van der Waals surface area contributed by atoms with E-state index in [9.17, 15) is 13.6 Å². The first-order valence-corrected chi connectivity index (χ1v) is 7.31. The summed E-state index contributed by atoms with van der Waals surface area (Å²) in [5, 5.41) is 5.96. The zero-order valence-corrected chi connectivity index (χ0v) is 13.6. The number of hydrogen-bond donors (Lipinski definition) is 2. The van der Waals surface area contributed by atoms with Crippen molar-refractivity contribution in [3.8, 4) is 11.5 Å². The highest BCUT2D eigenvalue weighted by Crippen LogP contribution is 2.29. The molecule has 1 aliphatic heterocycles. The van der Waals surface area contributed by atoms with Crippen LogP contribution in [-0.4, -0.2) is 31.7 Å². The van der Waals surface area contributed by atoms with E-state index in [4.69, 9.17) is 4.74 Å². The summed E-state index contributed by atoms with van der Waals surface area (Å²) in [6.45, 7) is 0.387. The van der Waals surface area contributed by atoms with Crippen molar-refractivity contribution in [1.29, 1.82) is 0 Å². The van der Waals surface area contributed by atoms with Crippen LogP contribution < -0.4 is 20.1 Å². The van der Waals surface area contributed by atoms with Crippen molar-refractivity contribution in [2.75, 3.05) is 13.2 Å². The lowest BCUT2D eigenvalue weighted by Gasteiger charge is -2.23. The Morgan fingerprint density at radius 2 is 2.17 bits per heavy atom. The van der Waals surface area contributed by atoms with Crippen LogP contribution in [-0.2, 0) is 11.3 Å². The third-order valence-electron chi connectivity index (χ3n) is 3.36. The highest BCUT2D eigenvalue weighted by Gasteiger charge is 2.21. The summed E-state index contributed by atoms with van der Waals surface area (Å²) in [6, 6.07) is 4.55. The molecule has 1 saturated heterocycles. The number of benzene rings is 1. The van der Waals surface area contributed by atoms with Gasteiger partial charge < -0.3 is 20.1 Å². The Bertz CT molecular complexity index is 517. The van der Waals surface area contributed by atoms with Gasteiger partial charge in [-0.05, 0) is 37.5 Å². The van der Waals surface area contributed by atoms with Gasteiger partial charge in [0.2, 0.25) is 5.91 Å². The number of ether oxygens (including phenoxy) is 2. The first-order chi connectivity index (χ1) is 10.6. The molecule has 0 radical (unpaired) electrons. The lowest BCUT2D eigenvalue weighted by Crippen LogP contribution is -2.47. The maximum absolute atomic E-state index is 12.3. The van der Waals surface area contributed by atoms with Crippen molar-refractivity contribution in [2.45, 2.75) is 39.0 Å². The van der Waals surface area contributed by atoms with Crippen molar-refractivity contribution in [1.82, 2.24) is 10.6 Å². The summed E-state index contributed by atoms with van der Waals surface area (Å²) in [6.07, 6.45) is 1.73. The van der Waals surface area contributed by atoms with Gasteiger partial charge in [-0.3, -0.25) is 4.79 Å². The third-order valence-corrected chi connectivity index (χ3v) is 3.36. The number of alkyl halides is 2. The topological polar surface area (TPSA) is 59.6 Å². The van der Waals surface area contributed by atoms with Crippen LogP contribution in [0.1, 0.15) is 25.3 Å². The molecule has 8 heteroatoms. The maximum atomic E-state index is 12.3. The van der Waals surface area contributed by atoms with Crippen LogP contribution in [0.4, 0.5) is 8.78 Å². The first-order valence-electron chi connectivity index (χ1n) is 7.31. The number of amides is 1. The Labute approximate surface area is 140 Å². The predicted octanol–water partition coefficient (Wildman–Crippen LogP) is 2.48. The van der Waals surface area contributed by atoms with E-state index in [0.29, 0.717) is 19.7 Å². The highest BCUT2D eigenvalue weighted by molar-refractivity contribution is 5.85. The van der Waals surface area contributed by atoms with Gasteiger partial charge in [-0.25, -0.2) is 0 Å². The van der Waals surface area contributed by atoms with E-state index in [1.165, 1.54) is 6.07 Å². The van der Waals surface area contributed by atoms with Crippen molar-refractivity contribution in [2.24, 2.45) is 0 Å². The Balaban J connectivity index is 0.00000264. The molecule has 130 valence electrons. The van der Waals surface area contributed by atoms with E-state index in [1.807, 2.05) is 0 Å². The van der Waals surface area contributed by atoms with Crippen molar-refractivity contribution in [3.05, 3.63) is 23.8 Å². The molecular formula is C15H21ClF2N2O3. The van der Waals surface area contributed by atoms with Crippen molar-refractivity contribution in [3.63, 3.8) is 0 Å². The molecule has 0 bridgehead atoms. The fraction of sp³-hybridized carbons (Fsp3) is 0.533. The van der Waals surface area contributed by atoms with Crippen LogP contribution in [0.25, 0.3) is 0 Å². The summed E-state index contributed by atoms with van der Waals surface area (Å²) >= 11 is 0. The first kappa shape index (κ1) is 19.4. The number of halogens is 3. The summed E-state index contributed by atoms with van der Waals surface area (Å²) in [4.78, 5) is 11.7. The fourth-order valence-electron chi connectivity index (χ4n) is 2.33. The minimum atomic E-state index is -2.89. The molecule has 0 saturated carbocycles. The second-order valence-corrected chi connectivity index (χ2v) is 4.96. The van der Waals surface area contributed by atoms with E-state index in [1.54, 1.807) is 19.1 Å². The zero-order valence-electron chi connectivity index (χ0n) is 12.8. The van der Waals surface area contributed by atoms with Crippen LogP contribution in [0.5, 0.6) is 11.5 Å². The summed E-state index contributed by atoms with van der Waals surface area (Å²) in [5.74, 6) is 0.278. The van der Waals surface area contributed by atoms with E-state index >= 15 is 0 Å². The summed E-state index contributed by atoms with van der Waals surface area (Å²) in [7, 11) is 0. The molecule has 0 spiro atoms. The lowest BCUT2D eigenvalue weighted by atomic mass is 10.1. The number of piperidine rings is 1. The SMILES string of the molecule is CCOc1cc(CNC2CCCNC2=O)ccc1OC(F)F.Cl. The molecule has 2 N–H and O–H groups in total. The molecule has 1 heterocycles. The van der Waals surface area contributed by atoms with Gasteiger partial charge in [0, 0.05) is 13.1 Å². The van der Waals surface area contributed by atoms with Gasteiger partial charge in [-0.1, -0.05) is 6.07 Å². The Morgan fingerprint density at radius 1 is 1.39 bits per heavy atom. The van der Waals surface area contributed by atoms with E-state index < -0.39 is 6.61 Å². The van der Waals surface area contributed by atoms with E-state index in [2.05, 4.69) is 15.4 Å². The molecule has 1 aliphatic rings. The molecule has 0 aliphatic carbocycles. The minimum Gasteiger partial charge on any atom is -0.490 e. The Kier molecular flexibility index (Phi) is 8.05. The van der Waals surface area contributed by atoms with Crippen LogP contribution in [0.2, 0.25) is 0 Å². The largest absolute Gasteiger partial charge is 0.490 e. The molecule has 0 aromatic heterocycles. The number of nitrogens with one attached hydrogen (secondary N) is 2. The number of carbonyl (C=O) groups excluding carboxylic acids is 1. The van der Waals surface area contributed by atoms with Gasteiger partial charge in [0.05, 0.1) is 12.6 Å². The standard InChI is InChI=1S/C15H20F2N2O3.ClH/c1-2-21-13-8-10(5-6-12(13)22-15(16)17)9-19-11-4-3-7-18-14(11)20;/h5-6,8,11,15,19H,2-4,7,9H2,1H3,(H,18,20);1H. The lowest BCUT2D eigenvalue weighted by molar-refractivity contribution is -0.124. The van der Waals surface area contributed by atoms with Crippen LogP contribution >= 0.6 is 12.4 Å². The smallest absolute Gasteiger partial charge is 0.387 e. The number of carbonyl (C=O) groups is 1. The average molecular weight is 351 g/mol. The Hall–Kier alpha value is -1.60. The predicted molar refractivity (Wildman–Crippen MR) is 84.4 cm³/mol. The quantitative estimate of drug-likeness (QED) is 0.793. The van der Waals surface area contributed by atoms with Crippen LogP contribution in [0, 0.1) is 0 Å². The molecule has 1 aromatic carbocycles. The Morgan fingerprint density at radius 3 is 2.83 bits per heavy atom. The van der Waals surface area contributed by atoms with Crippen LogP contribution in [0.15, 0.2) is 18.2 Å². The fourth-order valence-corrected chi connectivity index (χ4v) is 2.33. The minimum absolute atomic E-state index is 0. The molecule has 23 heavy (non-hydrogen) atoms. The molecule has 1 aromatic rings. The van der Waals surface area contributed by atoms with Crippen molar-refractivity contribution >= 4 is 18.3 Å². The molecule has 1 amide bonds. The van der Waals surface area contributed by atoms with E-state index in [0.717, 1.165) is 18.4 Å². The number of hydrogen-bond acceptors (Lipinski definition) is 4. The van der Waals surface area contributed by atoms with Gasteiger partial charge in [-0.2, -0.15) is 8.78 Å². The van der Waals surface area contributed by atoms with E-state index in [-0.39, 0.29) is 35.9 Å². The van der Waals surface area contributed by atoms with Crippen molar-refractivity contribution < 1.29 is 23.0 Å². The molecule has 1 fully saturated rings. The monoisotopic (exact) mass is 350 g/mol. The molecule has 2 rings (SSSR count). The van der Waals surface area contributed by atoms with Gasteiger partial charge in [0.25, 0.3) is 0 Å². The average Bonchev–Trinajstić information content (AvgIpc) is 2.48. The molecule has 5 nitrogen and oxygen atoms in total. The maximum Gasteiger partial charge on any atom is 0.387 e. The third kappa shape index (κ3) is 5.84. The molecule has 1 atom stereocenters. The van der Waals surface area contributed by atoms with Crippen LogP contribution in [0.3, 0.4) is 0 Å². The zero-order chi connectivity index (χ0) is 15.9.